The Bertz CT molecular complexity index is 1150. The third-order valence-corrected chi connectivity index (χ3v) is 6.03. The molecule has 0 radical (unpaired) electrons. The minimum absolute atomic E-state index is 0.0696. The summed E-state index contributed by atoms with van der Waals surface area (Å²) in [5.41, 5.74) is 6.55. The zero-order valence-corrected chi connectivity index (χ0v) is 15.9. The highest BCUT2D eigenvalue weighted by atomic mass is 35.5. The van der Waals surface area contributed by atoms with Crippen molar-refractivity contribution in [3.8, 4) is 5.75 Å². The summed E-state index contributed by atoms with van der Waals surface area (Å²) >= 11 is 6.24. The van der Waals surface area contributed by atoms with Gasteiger partial charge in [-0.3, -0.25) is 4.79 Å². The molecule has 2 aromatic rings. The van der Waals surface area contributed by atoms with Crippen molar-refractivity contribution in [3.63, 3.8) is 0 Å². The van der Waals surface area contributed by atoms with Crippen molar-refractivity contribution < 1.29 is 9.53 Å². The standard InChI is InChI=1S/C23H17ClN2O2/c24-15-8-9-18-20(12-15)28-23-17(6-3-7-19(23)27)22-21-16-5-2-1-4-14(16)10-11-25(21)13-26(18)22/h1-2,4-5,8-12H,3,6-7,13H2. The van der Waals surface area contributed by atoms with Crippen LogP contribution in [0, 0.1) is 0 Å². The number of ether oxygens (including phenoxy) is 1. The molecule has 1 aliphatic carbocycles. The molecule has 0 N–H and O–H groups in total. The molecule has 2 aromatic carbocycles. The van der Waals surface area contributed by atoms with Gasteiger partial charge in [0.2, 0.25) is 0 Å². The Kier molecular flexibility index (Phi) is 3.29. The Hall–Kier alpha value is -2.98. The number of rotatable bonds is 0. The van der Waals surface area contributed by atoms with Gasteiger partial charge in [0, 0.05) is 34.8 Å². The highest BCUT2D eigenvalue weighted by Gasteiger charge is 2.40. The van der Waals surface area contributed by atoms with Gasteiger partial charge in [-0.2, -0.15) is 0 Å². The smallest absolute Gasteiger partial charge is 0.198 e. The monoisotopic (exact) mass is 388 g/mol. The van der Waals surface area contributed by atoms with Crippen LogP contribution in [-0.4, -0.2) is 17.4 Å². The molecule has 0 fully saturated rings. The number of hydrogen-bond acceptors (Lipinski definition) is 4. The lowest BCUT2D eigenvalue weighted by Crippen LogP contribution is -2.25. The zero-order chi connectivity index (χ0) is 18.8. The van der Waals surface area contributed by atoms with E-state index in [1.165, 1.54) is 11.1 Å². The fourth-order valence-electron chi connectivity index (χ4n) is 4.56. The number of anilines is 1. The largest absolute Gasteiger partial charge is 0.451 e. The second kappa shape index (κ2) is 5.76. The molecule has 0 unspecified atom stereocenters. The van der Waals surface area contributed by atoms with Gasteiger partial charge in [-0.1, -0.05) is 35.9 Å². The minimum atomic E-state index is 0.0696. The van der Waals surface area contributed by atoms with Crippen molar-refractivity contribution in [2.45, 2.75) is 19.3 Å². The van der Waals surface area contributed by atoms with Crippen molar-refractivity contribution >= 4 is 34.8 Å². The SMILES string of the molecule is O=C1CCCC2=C1Oc1cc(Cl)ccc1N1CN3C=Cc4ccccc4C3=C21. The van der Waals surface area contributed by atoms with Crippen LogP contribution in [0.3, 0.4) is 0 Å². The highest BCUT2D eigenvalue weighted by molar-refractivity contribution is 6.30. The van der Waals surface area contributed by atoms with Crippen molar-refractivity contribution in [2.24, 2.45) is 0 Å². The van der Waals surface area contributed by atoms with Gasteiger partial charge >= 0.3 is 0 Å². The van der Waals surface area contributed by atoms with Gasteiger partial charge < -0.3 is 14.5 Å². The molecule has 6 rings (SSSR count). The van der Waals surface area contributed by atoms with E-state index in [1.807, 2.05) is 12.1 Å². The van der Waals surface area contributed by atoms with Gasteiger partial charge in [0.05, 0.1) is 23.8 Å². The van der Waals surface area contributed by atoms with Crippen LogP contribution in [0.4, 0.5) is 5.69 Å². The van der Waals surface area contributed by atoms with Crippen LogP contribution in [-0.2, 0) is 4.79 Å². The first-order valence-corrected chi connectivity index (χ1v) is 9.89. The van der Waals surface area contributed by atoms with Gasteiger partial charge in [-0.15, -0.1) is 0 Å². The van der Waals surface area contributed by atoms with Crippen LogP contribution in [0.25, 0.3) is 11.8 Å². The number of carbonyl (C=O) groups is 1. The van der Waals surface area contributed by atoms with E-state index in [0.29, 0.717) is 29.6 Å². The van der Waals surface area contributed by atoms with E-state index in [9.17, 15) is 4.79 Å². The summed E-state index contributed by atoms with van der Waals surface area (Å²) in [6.07, 6.45) is 6.47. The van der Waals surface area contributed by atoms with Gasteiger partial charge in [-0.25, -0.2) is 0 Å². The number of ketones is 1. The summed E-state index contributed by atoms with van der Waals surface area (Å²) < 4.78 is 6.19. The van der Waals surface area contributed by atoms with E-state index in [-0.39, 0.29) is 5.78 Å². The first kappa shape index (κ1) is 16.0. The van der Waals surface area contributed by atoms with Crippen LogP contribution < -0.4 is 9.64 Å². The molecule has 3 heterocycles. The van der Waals surface area contributed by atoms with E-state index >= 15 is 0 Å². The third kappa shape index (κ3) is 2.15. The quantitative estimate of drug-likeness (QED) is 0.623. The predicted octanol–water partition coefficient (Wildman–Crippen LogP) is 5.17. The summed E-state index contributed by atoms with van der Waals surface area (Å²) in [4.78, 5) is 17.3. The maximum Gasteiger partial charge on any atom is 0.198 e. The number of allylic oxidation sites excluding steroid dienone is 2. The molecule has 0 atom stereocenters. The number of halogens is 1. The topological polar surface area (TPSA) is 32.8 Å². The van der Waals surface area contributed by atoms with Crippen LogP contribution in [0.5, 0.6) is 5.75 Å². The lowest BCUT2D eigenvalue weighted by molar-refractivity contribution is -0.118. The fraction of sp³-hybridized carbons (Fsp3) is 0.174. The Morgan fingerprint density at radius 3 is 2.86 bits per heavy atom. The fourth-order valence-corrected chi connectivity index (χ4v) is 4.72. The second-order valence-corrected chi connectivity index (χ2v) is 7.87. The van der Waals surface area contributed by atoms with Crippen molar-refractivity contribution in [1.29, 1.82) is 0 Å². The Morgan fingerprint density at radius 1 is 1.04 bits per heavy atom. The summed E-state index contributed by atoms with van der Waals surface area (Å²) in [6.45, 7) is 0.679. The molecule has 4 aliphatic rings. The molecular formula is C23H17ClN2O2. The first-order chi connectivity index (χ1) is 13.7. The molecule has 0 aromatic heterocycles. The third-order valence-electron chi connectivity index (χ3n) is 5.79. The molecule has 0 amide bonds. The summed E-state index contributed by atoms with van der Waals surface area (Å²) in [5.74, 6) is 1.19. The molecule has 0 saturated carbocycles. The predicted molar refractivity (Wildman–Crippen MR) is 110 cm³/mol. The van der Waals surface area contributed by atoms with Crippen molar-refractivity contribution in [1.82, 2.24) is 4.90 Å². The maximum absolute atomic E-state index is 12.8. The molecule has 138 valence electrons. The molecular weight excluding hydrogens is 372 g/mol. The van der Waals surface area contributed by atoms with E-state index in [1.54, 1.807) is 6.07 Å². The summed E-state index contributed by atoms with van der Waals surface area (Å²) in [5, 5.41) is 0.599. The molecule has 0 bridgehead atoms. The second-order valence-electron chi connectivity index (χ2n) is 7.44. The average molecular weight is 389 g/mol. The minimum Gasteiger partial charge on any atom is -0.451 e. The number of hydrogen-bond donors (Lipinski definition) is 0. The van der Waals surface area contributed by atoms with Crippen LogP contribution in [0.15, 0.2) is 65.7 Å². The lowest BCUT2D eigenvalue weighted by atomic mass is 9.91. The first-order valence-electron chi connectivity index (χ1n) is 9.51. The number of Topliss-reactive ketones (excluding diaryl/α,β-unsaturated/α-hetero) is 1. The van der Waals surface area contributed by atoms with Gasteiger partial charge in [-0.05, 0) is 36.6 Å². The summed E-state index contributed by atoms with van der Waals surface area (Å²) in [7, 11) is 0. The number of nitrogens with zero attached hydrogens (tertiary/aromatic N) is 2. The van der Waals surface area contributed by atoms with Crippen LogP contribution >= 0.6 is 11.6 Å². The van der Waals surface area contributed by atoms with Crippen LogP contribution in [0.1, 0.15) is 30.4 Å². The van der Waals surface area contributed by atoms with E-state index in [0.717, 1.165) is 35.5 Å². The molecule has 4 nitrogen and oxygen atoms in total. The molecule has 3 aliphatic heterocycles. The zero-order valence-electron chi connectivity index (χ0n) is 15.1. The van der Waals surface area contributed by atoms with Crippen molar-refractivity contribution in [2.75, 3.05) is 11.6 Å². The van der Waals surface area contributed by atoms with Crippen LogP contribution in [0.2, 0.25) is 5.02 Å². The highest BCUT2D eigenvalue weighted by Crippen LogP contribution is 2.50. The van der Waals surface area contributed by atoms with Gasteiger partial charge in [0.15, 0.2) is 17.3 Å². The Balaban J connectivity index is 1.69. The molecule has 28 heavy (non-hydrogen) atoms. The Labute approximate surface area is 168 Å². The average Bonchev–Trinajstić information content (AvgIpc) is 3.03. The van der Waals surface area contributed by atoms with E-state index in [4.69, 9.17) is 16.3 Å². The molecule has 5 heteroatoms. The van der Waals surface area contributed by atoms with Crippen molar-refractivity contribution in [3.05, 3.63) is 81.8 Å². The molecule has 0 spiro atoms. The lowest BCUT2D eigenvalue weighted by Gasteiger charge is -2.24. The number of benzene rings is 2. The Morgan fingerprint density at radius 2 is 1.93 bits per heavy atom. The van der Waals surface area contributed by atoms with E-state index < -0.39 is 0 Å². The number of carbonyl (C=O) groups excluding carboxylic acids is 1. The summed E-state index contributed by atoms with van der Waals surface area (Å²) in [6, 6.07) is 14.1. The van der Waals surface area contributed by atoms with Gasteiger partial charge in [0.25, 0.3) is 0 Å². The number of fused-ring (bicyclic) bond motifs is 7. The normalized spacial score (nSPS) is 19.5. The maximum atomic E-state index is 12.8. The van der Waals surface area contributed by atoms with E-state index in [2.05, 4.69) is 46.3 Å². The van der Waals surface area contributed by atoms with Gasteiger partial charge in [0.1, 0.15) is 0 Å². The molecule has 0 saturated heterocycles.